The lowest BCUT2D eigenvalue weighted by atomic mass is 10.1. The van der Waals surface area contributed by atoms with Crippen molar-refractivity contribution in [2.45, 2.75) is 26.4 Å². The highest BCUT2D eigenvalue weighted by atomic mass is 35.5. The molecule has 0 unspecified atom stereocenters. The van der Waals surface area contributed by atoms with Gasteiger partial charge in [-0.05, 0) is 48.7 Å². The van der Waals surface area contributed by atoms with Crippen molar-refractivity contribution in [1.29, 1.82) is 0 Å². The van der Waals surface area contributed by atoms with Gasteiger partial charge in [0.2, 0.25) is 0 Å². The molecule has 1 heterocycles. The zero-order valence-corrected chi connectivity index (χ0v) is 11.4. The summed E-state index contributed by atoms with van der Waals surface area (Å²) < 4.78 is 0. The maximum Gasteiger partial charge on any atom is 0.0453 e. The van der Waals surface area contributed by atoms with Crippen molar-refractivity contribution >= 4 is 11.6 Å². The molecule has 0 fully saturated rings. The molecule has 0 saturated carbocycles. The van der Waals surface area contributed by atoms with E-state index in [1.807, 2.05) is 37.5 Å². The van der Waals surface area contributed by atoms with E-state index in [-0.39, 0.29) is 6.04 Å². The number of rotatable bonds is 4. The summed E-state index contributed by atoms with van der Waals surface area (Å²) in [7, 11) is 0. The molecule has 0 amide bonds. The molecule has 1 aromatic carbocycles. The van der Waals surface area contributed by atoms with Gasteiger partial charge in [-0.25, -0.2) is 0 Å². The number of benzene rings is 1. The fourth-order valence-electron chi connectivity index (χ4n) is 1.83. The summed E-state index contributed by atoms with van der Waals surface area (Å²) >= 11 is 6.21. The van der Waals surface area contributed by atoms with Crippen LogP contribution in [0.2, 0.25) is 5.02 Å². The zero-order valence-electron chi connectivity index (χ0n) is 10.7. The van der Waals surface area contributed by atoms with Crippen molar-refractivity contribution in [3.05, 3.63) is 64.4 Å². The minimum Gasteiger partial charge on any atom is -0.306 e. The van der Waals surface area contributed by atoms with Crippen molar-refractivity contribution in [1.82, 2.24) is 10.3 Å². The Morgan fingerprint density at radius 2 is 1.94 bits per heavy atom. The molecule has 0 saturated heterocycles. The van der Waals surface area contributed by atoms with Crippen LogP contribution in [-0.2, 0) is 6.54 Å². The number of hydrogen-bond acceptors (Lipinski definition) is 2. The maximum absolute atomic E-state index is 6.21. The van der Waals surface area contributed by atoms with E-state index in [0.29, 0.717) is 0 Å². The Hall–Kier alpha value is -1.38. The Kier molecular flexibility index (Phi) is 4.34. The summed E-state index contributed by atoms with van der Waals surface area (Å²) in [5.74, 6) is 0. The lowest BCUT2D eigenvalue weighted by Gasteiger charge is -2.14. The molecule has 2 rings (SSSR count). The van der Waals surface area contributed by atoms with Crippen molar-refractivity contribution in [2.75, 3.05) is 0 Å². The molecule has 3 heteroatoms. The van der Waals surface area contributed by atoms with E-state index < -0.39 is 0 Å². The molecular formula is C15H17ClN2. The third-order valence-electron chi connectivity index (χ3n) is 3.01. The summed E-state index contributed by atoms with van der Waals surface area (Å²) in [4.78, 5) is 4.02. The largest absolute Gasteiger partial charge is 0.306 e. The van der Waals surface area contributed by atoms with E-state index in [4.69, 9.17) is 11.6 Å². The first-order valence-corrected chi connectivity index (χ1v) is 6.43. The fourth-order valence-corrected chi connectivity index (χ4v) is 2.13. The second kappa shape index (κ2) is 5.98. The first-order valence-electron chi connectivity index (χ1n) is 6.05. The van der Waals surface area contributed by atoms with Gasteiger partial charge in [-0.1, -0.05) is 23.7 Å². The topological polar surface area (TPSA) is 24.9 Å². The first-order chi connectivity index (χ1) is 8.66. The predicted octanol–water partition coefficient (Wildman–Crippen LogP) is 3.89. The Morgan fingerprint density at radius 1 is 1.22 bits per heavy atom. The first kappa shape index (κ1) is 13.1. The van der Waals surface area contributed by atoms with E-state index in [0.717, 1.165) is 17.1 Å². The Balaban J connectivity index is 1.99. The standard InChI is InChI=1S/C15H17ClN2/c1-11-3-4-14(15(16)9-11)10-18-12(2)13-5-7-17-8-6-13/h3-9,12,18H,10H2,1-2H3/t12-/m0/s1. The third-order valence-corrected chi connectivity index (χ3v) is 3.37. The van der Waals surface area contributed by atoms with Gasteiger partial charge in [-0.2, -0.15) is 0 Å². The molecule has 0 aliphatic heterocycles. The van der Waals surface area contributed by atoms with E-state index in [9.17, 15) is 0 Å². The van der Waals surface area contributed by atoms with Crippen LogP contribution in [0.15, 0.2) is 42.7 Å². The van der Waals surface area contributed by atoms with Crippen molar-refractivity contribution in [3.8, 4) is 0 Å². The van der Waals surface area contributed by atoms with Crippen LogP contribution in [0.4, 0.5) is 0 Å². The van der Waals surface area contributed by atoms with Crippen molar-refractivity contribution < 1.29 is 0 Å². The molecule has 0 aliphatic rings. The van der Waals surface area contributed by atoms with Crippen LogP contribution < -0.4 is 5.32 Å². The van der Waals surface area contributed by atoms with Crippen LogP contribution in [-0.4, -0.2) is 4.98 Å². The van der Waals surface area contributed by atoms with E-state index in [1.54, 1.807) is 0 Å². The van der Waals surface area contributed by atoms with Crippen LogP contribution >= 0.6 is 11.6 Å². The number of aromatic nitrogens is 1. The second-order valence-electron chi connectivity index (χ2n) is 4.48. The summed E-state index contributed by atoms with van der Waals surface area (Å²) in [5, 5.41) is 4.29. The SMILES string of the molecule is Cc1ccc(CN[C@@H](C)c2ccncc2)c(Cl)c1. The highest BCUT2D eigenvalue weighted by Crippen LogP contribution is 2.19. The number of nitrogens with zero attached hydrogens (tertiary/aromatic N) is 1. The minimum atomic E-state index is 0.283. The molecule has 1 atom stereocenters. The van der Waals surface area contributed by atoms with Gasteiger partial charge < -0.3 is 5.32 Å². The van der Waals surface area contributed by atoms with Crippen LogP contribution in [0.25, 0.3) is 0 Å². The van der Waals surface area contributed by atoms with Crippen molar-refractivity contribution in [2.24, 2.45) is 0 Å². The summed E-state index contributed by atoms with van der Waals surface area (Å²) in [5.41, 5.74) is 3.54. The second-order valence-corrected chi connectivity index (χ2v) is 4.89. The minimum absolute atomic E-state index is 0.283. The van der Waals surface area contributed by atoms with Crippen LogP contribution in [0, 0.1) is 6.92 Å². The Bertz CT molecular complexity index is 511. The van der Waals surface area contributed by atoms with Gasteiger partial charge >= 0.3 is 0 Å². The number of hydrogen-bond donors (Lipinski definition) is 1. The lowest BCUT2D eigenvalue weighted by Crippen LogP contribution is -2.18. The zero-order chi connectivity index (χ0) is 13.0. The van der Waals surface area contributed by atoms with Crippen LogP contribution in [0.5, 0.6) is 0 Å². The molecule has 18 heavy (non-hydrogen) atoms. The average Bonchev–Trinajstić information content (AvgIpc) is 2.38. The fraction of sp³-hybridized carbons (Fsp3) is 0.267. The molecule has 2 aromatic rings. The van der Waals surface area contributed by atoms with Gasteiger partial charge in [0, 0.05) is 30.0 Å². The number of aryl methyl sites for hydroxylation is 1. The van der Waals surface area contributed by atoms with E-state index in [2.05, 4.69) is 29.4 Å². The monoisotopic (exact) mass is 260 g/mol. The Morgan fingerprint density at radius 3 is 2.61 bits per heavy atom. The molecule has 94 valence electrons. The smallest absolute Gasteiger partial charge is 0.0453 e. The quantitative estimate of drug-likeness (QED) is 0.902. The summed E-state index contributed by atoms with van der Waals surface area (Å²) in [6.45, 7) is 4.95. The maximum atomic E-state index is 6.21. The number of nitrogens with one attached hydrogen (secondary N) is 1. The summed E-state index contributed by atoms with van der Waals surface area (Å²) in [6.07, 6.45) is 3.62. The molecule has 2 nitrogen and oxygen atoms in total. The molecule has 0 bridgehead atoms. The average molecular weight is 261 g/mol. The van der Waals surface area contributed by atoms with Gasteiger partial charge in [-0.3, -0.25) is 4.98 Å². The molecule has 0 spiro atoms. The predicted molar refractivity (Wildman–Crippen MR) is 75.7 cm³/mol. The van der Waals surface area contributed by atoms with Crippen LogP contribution in [0.3, 0.4) is 0 Å². The molecule has 0 aliphatic carbocycles. The molecule has 1 N–H and O–H groups in total. The van der Waals surface area contributed by atoms with Crippen LogP contribution in [0.1, 0.15) is 29.7 Å². The summed E-state index contributed by atoms with van der Waals surface area (Å²) in [6, 6.07) is 10.5. The lowest BCUT2D eigenvalue weighted by molar-refractivity contribution is 0.574. The van der Waals surface area contributed by atoms with Gasteiger partial charge in [0.1, 0.15) is 0 Å². The number of halogens is 1. The van der Waals surface area contributed by atoms with Gasteiger partial charge in [0.25, 0.3) is 0 Å². The van der Waals surface area contributed by atoms with E-state index >= 15 is 0 Å². The normalized spacial score (nSPS) is 12.4. The molecular weight excluding hydrogens is 244 g/mol. The van der Waals surface area contributed by atoms with Gasteiger partial charge in [-0.15, -0.1) is 0 Å². The third kappa shape index (κ3) is 3.31. The highest BCUT2D eigenvalue weighted by molar-refractivity contribution is 6.31. The van der Waals surface area contributed by atoms with Crippen molar-refractivity contribution in [3.63, 3.8) is 0 Å². The van der Waals surface area contributed by atoms with E-state index in [1.165, 1.54) is 11.1 Å². The van der Waals surface area contributed by atoms with Gasteiger partial charge in [0.15, 0.2) is 0 Å². The number of pyridine rings is 1. The van der Waals surface area contributed by atoms with Gasteiger partial charge in [0.05, 0.1) is 0 Å². The Labute approximate surface area is 113 Å². The highest BCUT2D eigenvalue weighted by Gasteiger charge is 2.06. The molecule has 1 aromatic heterocycles. The molecule has 0 radical (unpaired) electrons.